The van der Waals surface area contributed by atoms with Crippen molar-refractivity contribution in [1.29, 1.82) is 0 Å². The Hall–Kier alpha value is -1.67. The summed E-state index contributed by atoms with van der Waals surface area (Å²) in [5.41, 5.74) is 1.58. The Morgan fingerprint density at radius 2 is 1.87 bits per heavy atom. The molecule has 2 aromatic carbocycles. The first-order valence-electron chi connectivity index (χ1n) is 9.63. The van der Waals surface area contributed by atoms with E-state index in [1.54, 1.807) is 22.7 Å². The lowest BCUT2D eigenvalue weighted by Crippen LogP contribution is -2.36. The summed E-state index contributed by atoms with van der Waals surface area (Å²) in [6.07, 6.45) is 1.24. The van der Waals surface area contributed by atoms with Gasteiger partial charge in [-0.05, 0) is 57.5 Å². The molecule has 1 aromatic heterocycles. The minimum Gasteiger partial charge on any atom is -0.308 e. The van der Waals surface area contributed by atoms with Crippen LogP contribution >= 0.6 is 35.5 Å². The molecule has 3 aromatic rings. The van der Waals surface area contributed by atoms with Gasteiger partial charge >= 0.3 is 0 Å². The number of nitrogens with zero attached hydrogens (tertiary/aromatic N) is 3. The molecule has 0 atom stereocenters. The molecule has 0 N–H and O–H groups in total. The molecule has 1 heterocycles. The van der Waals surface area contributed by atoms with E-state index in [-0.39, 0.29) is 24.1 Å². The third-order valence-corrected chi connectivity index (χ3v) is 6.63. The number of anilines is 1. The number of hydrogen-bond donors (Lipinski definition) is 0. The molecule has 0 saturated carbocycles. The van der Waals surface area contributed by atoms with Crippen molar-refractivity contribution in [2.24, 2.45) is 0 Å². The summed E-state index contributed by atoms with van der Waals surface area (Å²) in [4.78, 5) is 22.3. The number of fused-ring (bicyclic) bond motifs is 1. The molecule has 162 valence electrons. The summed E-state index contributed by atoms with van der Waals surface area (Å²) in [5, 5.41) is 0.572. The van der Waals surface area contributed by atoms with Gasteiger partial charge in [-0.15, -0.1) is 24.2 Å². The largest absolute Gasteiger partial charge is 0.308 e. The average molecular weight is 468 g/mol. The zero-order valence-corrected chi connectivity index (χ0v) is 19.9. The predicted octanol–water partition coefficient (Wildman–Crippen LogP) is 5.63. The van der Waals surface area contributed by atoms with Gasteiger partial charge in [0.2, 0.25) is 5.91 Å². The fourth-order valence-corrected chi connectivity index (χ4v) is 4.70. The van der Waals surface area contributed by atoms with Crippen LogP contribution in [0.15, 0.2) is 47.4 Å². The average Bonchev–Trinajstić information content (AvgIpc) is 3.12. The molecule has 1 amide bonds. The quantitative estimate of drug-likeness (QED) is 0.301. The Morgan fingerprint density at radius 3 is 2.53 bits per heavy atom. The summed E-state index contributed by atoms with van der Waals surface area (Å²) in [6, 6.07) is 13.3. The number of likely N-dealkylation sites (N-methyl/N-ethyl adjacent to an activating group) is 1. The number of benzene rings is 2. The second kappa shape index (κ2) is 11.6. The zero-order chi connectivity index (χ0) is 20.8. The highest BCUT2D eigenvalue weighted by atomic mass is 35.5. The molecule has 0 spiro atoms. The monoisotopic (exact) mass is 467 g/mol. The number of thioether (sulfide) groups is 1. The Bertz CT molecular complexity index is 963. The summed E-state index contributed by atoms with van der Waals surface area (Å²) < 4.78 is 14.8. The summed E-state index contributed by atoms with van der Waals surface area (Å²) >= 11 is 3.13. The van der Waals surface area contributed by atoms with Crippen LogP contribution in [0.5, 0.6) is 0 Å². The van der Waals surface area contributed by atoms with E-state index in [9.17, 15) is 9.18 Å². The topological polar surface area (TPSA) is 36.4 Å². The second-order valence-corrected chi connectivity index (χ2v) is 9.37. The van der Waals surface area contributed by atoms with Gasteiger partial charge in [0.25, 0.3) is 0 Å². The Labute approximate surface area is 191 Å². The molecule has 0 saturated heterocycles. The van der Waals surface area contributed by atoms with E-state index in [4.69, 9.17) is 0 Å². The van der Waals surface area contributed by atoms with Crippen LogP contribution in [-0.4, -0.2) is 48.7 Å². The smallest absolute Gasteiger partial charge is 0.228 e. The van der Waals surface area contributed by atoms with Gasteiger partial charge < -0.3 is 4.90 Å². The molecule has 0 aliphatic heterocycles. The van der Waals surface area contributed by atoms with E-state index in [2.05, 4.69) is 36.2 Å². The number of para-hydroxylation sites is 1. The molecule has 30 heavy (non-hydrogen) atoms. The van der Waals surface area contributed by atoms with Gasteiger partial charge in [-0.25, -0.2) is 9.37 Å². The highest BCUT2D eigenvalue weighted by Crippen LogP contribution is 2.31. The highest BCUT2D eigenvalue weighted by molar-refractivity contribution is 7.99. The van der Waals surface area contributed by atoms with Gasteiger partial charge in [-0.2, -0.15) is 0 Å². The SMILES string of the molecule is Cc1ccc(SCCCC(=O)N(CCN(C)C)c2nc3c(F)cccc3s2)cc1.Cl. The van der Waals surface area contributed by atoms with Crippen LogP contribution in [-0.2, 0) is 4.79 Å². The maximum Gasteiger partial charge on any atom is 0.228 e. The van der Waals surface area contributed by atoms with Crippen molar-refractivity contribution in [3.63, 3.8) is 0 Å². The van der Waals surface area contributed by atoms with Gasteiger partial charge in [0, 0.05) is 24.4 Å². The minimum atomic E-state index is -0.348. The van der Waals surface area contributed by atoms with Crippen LogP contribution in [0.2, 0.25) is 0 Å². The fraction of sp³-hybridized carbons (Fsp3) is 0.364. The Morgan fingerprint density at radius 1 is 1.13 bits per heavy atom. The third kappa shape index (κ3) is 6.67. The lowest BCUT2D eigenvalue weighted by atomic mass is 10.2. The third-order valence-electron chi connectivity index (χ3n) is 4.49. The molecule has 8 heteroatoms. The number of amides is 1. The maximum atomic E-state index is 14.0. The molecular formula is C22H27ClFN3OS2. The minimum absolute atomic E-state index is 0. The lowest BCUT2D eigenvalue weighted by molar-refractivity contribution is -0.118. The molecule has 0 radical (unpaired) electrons. The summed E-state index contributed by atoms with van der Waals surface area (Å²) in [6.45, 7) is 3.34. The number of aromatic nitrogens is 1. The summed E-state index contributed by atoms with van der Waals surface area (Å²) in [5.74, 6) is 0.570. The predicted molar refractivity (Wildman–Crippen MR) is 129 cm³/mol. The zero-order valence-electron chi connectivity index (χ0n) is 17.4. The van der Waals surface area contributed by atoms with Crippen molar-refractivity contribution in [2.75, 3.05) is 37.8 Å². The van der Waals surface area contributed by atoms with Gasteiger partial charge in [0.05, 0.1) is 4.70 Å². The molecule has 4 nitrogen and oxygen atoms in total. The van der Waals surface area contributed by atoms with Crippen molar-refractivity contribution in [1.82, 2.24) is 9.88 Å². The molecular weight excluding hydrogens is 441 g/mol. The van der Waals surface area contributed by atoms with E-state index in [1.165, 1.54) is 27.9 Å². The van der Waals surface area contributed by atoms with Gasteiger partial charge in [-0.3, -0.25) is 9.69 Å². The van der Waals surface area contributed by atoms with Crippen molar-refractivity contribution in [3.05, 3.63) is 53.8 Å². The van der Waals surface area contributed by atoms with Gasteiger partial charge in [0.15, 0.2) is 5.13 Å². The van der Waals surface area contributed by atoms with Crippen LogP contribution < -0.4 is 4.90 Å². The van der Waals surface area contributed by atoms with Crippen LogP contribution in [0.1, 0.15) is 18.4 Å². The number of hydrogen-bond acceptors (Lipinski definition) is 5. The van der Waals surface area contributed by atoms with E-state index in [0.29, 0.717) is 23.6 Å². The molecule has 0 aliphatic rings. The first-order valence-corrected chi connectivity index (χ1v) is 11.4. The lowest BCUT2D eigenvalue weighted by Gasteiger charge is -2.22. The van der Waals surface area contributed by atoms with Crippen LogP contribution in [0.25, 0.3) is 10.2 Å². The van der Waals surface area contributed by atoms with Crippen molar-refractivity contribution in [3.8, 4) is 0 Å². The fourth-order valence-electron chi connectivity index (χ4n) is 2.83. The first-order chi connectivity index (χ1) is 13.9. The normalized spacial score (nSPS) is 11.0. The van der Waals surface area contributed by atoms with Crippen molar-refractivity contribution in [2.45, 2.75) is 24.7 Å². The van der Waals surface area contributed by atoms with Crippen LogP contribution in [0, 0.1) is 12.7 Å². The standard InChI is InChI=1S/C22H26FN3OS2.ClH/c1-16-9-11-17(12-10-16)28-15-5-8-20(27)26(14-13-25(2)3)22-24-21-18(23)6-4-7-19(21)29-22;/h4,6-7,9-12H,5,8,13-15H2,1-3H3;1H. The molecule has 0 bridgehead atoms. The van der Waals surface area contributed by atoms with Crippen LogP contribution in [0.4, 0.5) is 9.52 Å². The highest BCUT2D eigenvalue weighted by Gasteiger charge is 2.20. The van der Waals surface area contributed by atoms with E-state index in [0.717, 1.165) is 23.4 Å². The molecule has 0 aliphatic carbocycles. The molecule has 0 fully saturated rings. The number of rotatable bonds is 9. The first kappa shape index (κ1) is 24.6. The van der Waals surface area contributed by atoms with Crippen molar-refractivity contribution < 1.29 is 9.18 Å². The number of carbonyl (C=O) groups is 1. The number of thiazole rings is 1. The second-order valence-electron chi connectivity index (χ2n) is 7.20. The van der Waals surface area contributed by atoms with Crippen molar-refractivity contribution >= 4 is 56.8 Å². The molecule has 0 unspecified atom stereocenters. The maximum absolute atomic E-state index is 14.0. The Kier molecular flexibility index (Phi) is 9.55. The van der Waals surface area contributed by atoms with E-state index >= 15 is 0 Å². The Balaban J connectivity index is 0.00000320. The van der Waals surface area contributed by atoms with Gasteiger partial charge in [0.1, 0.15) is 11.3 Å². The van der Waals surface area contributed by atoms with E-state index < -0.39 is 0 Å². The number of aryl methyl sites for hydroxylation is 1. The number of carbonyl (C=O) groups excluding carboxylic acids is 1. The van der Waals surface area contributed by atoms with Crippen LogP contribution in [0.3, 0.4) is 0 Å². The number of halogens is 2. The van der Waals surface area contributed by atoms with E-state index in [1.807, 2.05) is 25.1 Å². The molecule has 3 rings (SSSR count). The summed E-state index contributed by atoms with van der Waals surface area (Å²) in [7, 11) is 3.94. The van der Waals surface area contributed by atoms with Gasteiger partial charge in [-0.1, -0.05) is 35.1 Å².